The fourth-order valence-corrected chi connectivity index (χ4v) is 1.92. The maximum Gasteiger partial charge on any atom is 0.168 e. The summed E-state index contributed by atoms with van der Waals surface area (Å²) in [6.45, 7) is 4.08. The second-order valence-electron chi connectivity index (χ2n) is 4.21. The van der Waals surface area contributed by atoms with Gasteiger partial charge in [-0.1, -0.05) is 18.2 Å². The van der Waals surface area contributed by atoms with Gasteiger partial charge in [0.05, 0.1) is 0 Å². The molecule has 0 aliphatic heterocycles. The van der Waals surface area contributed by atoms with Crippen molar-refractivity contribution in [2.24, 2.45) is 0 Å². The van der Waals surface area contributed by atoms with E-state index < -0.39 is 0 Å². The van der Waals surface area contributed by atoms with E-state index in [0.29, 0.717) is 12.0 Å². The molecule has 2 heteroatoms. The maximum absolute atomic E-state index is 12.1. The van der Waals surface area contributed by atoms with E-state index in [1.54, 1.807) is 18.5 Å². The van der Waals surface area contributed by atoms with Crippen molar-refractivity contribution in [3.8, 4) is 0 Å². The highest BCUT2D eigenvalue weighted by molar-refractivity contribution is 5.97. The molecule has 2 nitrogen and oxygen atoms in total. The molecule has 2 aromatic rings. The van der Waals surface area contributed by atoms with E-state index in [1.807, 2.05) is 38.1 Å². The molecular formula is C15H15NO. The van der Waals surface area contributed by atoms with Gasteiger partial charge in [0.1, 0.15) is 0 Å². The number of benzene rings is 1. The van der Waals surface area contributed by atoms with E-state index in [1.165, 1.54) is 11.1 Å². The SMILES string of the molecule is Cc1cccc(C)c1CC(=O)c1cccnc1. The number of pyridine rings is 1. The van der Waals surface area contributed by atoms with Crippen LogP contribution in [0.2, 0.25) is 0 Å². The number of nitrogens with zero attached hydrogens (tertiary/aromatic N) is 1. The first-order chi connectivity index (χ1) is 8.18. The molecule has 0 spiro atoms. The minimum absolute atomic E-state index is 0.121. The van der Waals surface area contributed by atoms with Gasteiger partial charge in [-0.15, -0.1) is 0 Å². The van der Waals surface area contributed by atoms with Crippen LogP contribution in [0.3, 0.4) is 0 Å². The summed E-state index contributed by atoms with van der Waals surface area (Å²) in [7, 11) is 0. The Bertz CT molecular complexity index is 512. The first kappa shape index (κ1) is 11.5. The molecule has 1 aromatic carbocycles. The van der Waals surface area contributed by atoms with Crippen molar-refractivity contribution < 1.29 is 4.79 Å². The van der Waals surface area contributed by atoms with Crippen LogP contribution in [0.1, 0.15) is 27.0 Å². The smallest absolute Gasteiger partial charge is 0.168 e. The zero-order valence-corrected chi connectivity index (χ0v) is 10.1. The second-order valence-corrected chi connectivity index (χ2v) is 4.21. The molecule has 0 fully saturated rings. The zero-order valence-electron chi connectivity index (χ0n) is 10.1. The highest BCUT2D eigenvalue weighted by Crippen LogP contribution is 2.15. The minimum Gasteiger partial charge on any atom is -0.294 e. The fourth-order valence-electron chi connectivity index (χ4n) is 1.92. The Labute approximate surface area is 101 Å². The van der Waals surface area contributed by atoms with E-state index in [9.17, 15) is 4.79 Å². The molecule has 0 amide bonds. The van der Waals surface area contributed by atoms with Crippen molar-refractivity contribution >= 4 is 5.78 Å². The lowest BCUT2D eigenvalue weighted by Crippen LogP contribution is -2.06. The van der Waals surface area contributed by atoms with Crippen LogP contribution in [0, 0.1) is 13.8 Å². The van der Waals surface area contributed by atoms with Gasteiger partial charge in [0, 0.05) is 24.4 Å². The summed E-state index contributed by atoms with van der Waals surface area (Å²) < 4.78 is 0. The number of aromatic nitrogens is 1. The van der Waals surface area contributed by atoms with E-state index in [2.05, 4.69) is 4.98 Å². The molecule has 0 saturated carbocycles. The van der Waals surface area contributed by atoms with Crippen LogP contribution < -0.4 is 0 Å². The maximum atomic E-state index is 12.1. The molecule has 0 bridgehead atoms. The molecule has 2 rings (SSSR count). The number of hydrogen-bond acceptors (Lipinski definition) is 2. The molecule has 0 N–H and O–H groups in total. The number of Topliss-reactive ketones (excluding diaryl/α,β-unsaturated/α-hetero) is 1. The molecule has 0 atom stereocenters. The lowest BCUT2D eigenvalue weighted by molar-refractivity contribution is 0.0992. The summed E-state index contributed by atoms with van der Waals surface area (Å²) in [5.74, 6) is 0.121. The summed E-state index contributed by atoms with van der Waals surface area (Å²) in [5, 5.41) is 0. The molecule has 0 aliphatic carbocycles. The Kier molecular flexibility index (Phi) is 3.33. The summed E-state index contributed by atoms with van der Waals surface area (Å²) in [6, 6.07) is 9.70. The number of hydrogen-bond donors (Lipinski definition) is 0. The van der Waals surface area contributed by atoms with E-state index in [0.717, 1.165) is 5.56 Å². The van der Waals surface area contributed by atoms with Crippen molar-refractivity contribution in [1.82, 2.24) is 4.98 Å². The van der Waals surface area contributed by atoms with Gasteiger partial charge in [0.15, 0.2) is 5.78 Å². The van der Waals surface area contributed by atoms with Gasteiger partial charge < -0.3 is 0 Å². The standard InChI is InChI=1S/C15H15NO/c1-11-5-3-6-12(2)14(11)9-15(17)13-7-4-8-16-10-13/h3-8,10H,9H2,1-2H3. The second kappa shape index (κ2) is 4.91. The van der Waals surface area contributed by atoms with Gasteiger partial charge in [0.25, 0.3) is 0 Å². The van der Waals surface area contributed by atoms with E-state index in [4.69, 9.17) is 0 Å². The van der Waals surface area contributed by atoms with Crippen molar-refractivity contribution in [1.29, 1.82) is 0 Å². The van der Waals surface area contributed by atoms with Crippen LogP contribution >= 0.6 is 0 Å². The van der Waals surface area contributed by atoms with Gasteiger partial charge >= 0.3 is 0 Å². The van der Waals surface area contributed by atoms with E-state index >= 15 is 0 Å². The van der Waals surface area contributed by atoms with Crippen molar-refractivity contribution in [3.63, 3.8) is 0 Å². The number of aryl methyl sites for hydroxylation is 2. The Morgan fingerprint density at radius 2 is 1.82 bits per heavy atom. The number of ketones is 1. The minimum atomic E-state index is 0.121. The van der Waals surface area contributed by atoms with Crippen LogP contribution in [0.4, 0.5) is 0 Å². The largest absolute Gasteiger partial charge is 0.294 e. The Balaban J connectivity index is 2.25. The third-order valence-electron chi connectivity index (χ3n) is 2.97. The predicted octanol–water partition coefficient (Wildman–Crippen LogP) is 3.12. The molecule has 0 saturated heterocycles. The van der Waals surface area contributed by atoms with Gasteiger partial charge in [-0.05, 0) is 42.7 Å². The quantitative estimate of drug-likeness (QED) is 0.751. The average molecular weight is 225 g/mol. The van der Waals surface area contributed by atoms with Gasteiger partial charge in [0.2, 0.25) is 0 Å². The topological polar surface area (TPSA) is 30.0 Å². The lowest BCUT2D eigenvalue weighted by atomic mass is 9.96. The summed E-state index contributed by atoms with van der Waals surface area (Å²) in [6.07, 6.45) is 3.75. The fraction of sp³-hybridized carbons (Fsp3) is 0.200. The molecule has 1 heterocycles. The zero-order chi connectivity index (χ0) is 12.3. The molecule has 0 radical (unpaired) electrons. The number of carbonyl (C=O) groups is 1. The molecule has 1 aromatic heterocycles. The van der Waals surface area contributed by atoms with Crippen LogP contribution in [0.15, 0.2) is 42.7 Å². The third-order valence-corrected chi connectivity index (χ3v) is 2.97. The number of carbonyl (C=O) groups excluding carboxylic acids is 1. The third kappa shape index (κ3) is 2.59. The van der Waals surface area contributed by atoms with Gasteiger partial charge in [-0.25, -0.2) is 0 Å². The van der Waals surface area contributed by atoms with Crippen molar-refractivity contribution in [2.75, 3.05) is 0 Å². The lowest BCUT2D eigenvalue weighted by Gasteiger charge is -2.08. The normalized spacial score (nSPS) is 10.2. The molecular weight excluding hydrogens is 210 g/mol. The van der Waals surface area contributed by atoms with Crippen LogP contribution in [0.5, 0.6) is 0 Å². The van der Waals surface area contributed by atoms with Crippen molar-refractivity contribution in [3.05, 3.63) is 65.0 Å². The Hall–Kier alpha value is -1.96. The summed E-state index contributed by atoms with van der Waals surface area (Å²) in [4.78, 5) is 16.0. The predicted molar refractivity (Wildman–Crippen MR) is 68.2 cm³/mol. The molecule has 0 aliphatic rings. The highest BCUT2D eigenvalue weighted by Gasteiger charge is 2.10. The highest BCUT2D eigenvalue weighted by atomic mass is 16.1. The molecule has 86 valence electrons. The van der Waals surface area contributed by atoms with Gasteiger partial charge in [-0.3, -0.25) is 9.78 Å². The monoisotopic (exact) mass is 225 g/mol. The molecule has 0 unspecified atom stereocenters. The first-order valence-corrected chi connectivity index (χ1v) is 5.67. The summed E-state index contributed by atoms with van der Waals surface area (Å²) >= 11 is 0. The average Bonchev–Trinajstić information content (AvgIpc) is 2.35. The van der Waals surface area contributed by atoms with Gasteiger partial charge in [-0.2, -0.15) is 0 Å². The van der Waals surface area contributed by atoms with Crippen LogP contribution in [0.25, 0.3) is 0 Å². The van der Waals surface area contributed by atoms with Crippen LogP contribution in [-0.2, 0) is 6.42 Å². The van der Waals surface area contributed by atoms with Crippen LogP contribution in [-0.4, -0.2) is 10.8 Å². The van der Waals surface area contributed by atoms with E-state index in [-0.39, 0.29) is 5.78 Å². The molecule has 17 heavy (non-hydrogen) atoms. The van der Waals surface area contributed by atoms with Crippen molar-refractivity contribution in [2.45, 2.75) is 20.3 Å². The first-order valence-electron chi connectivity index (χ1n) is 5.67. The number of rotatable bonds is 3. The Morgan fingerprint density at radius 1 is 1.12 bits per heavy atom. The summed E-state index contributed by atoms with van der Waals surface area (Å²) in [5.41, 5.74) is 4.14. The Morgan fingerprint density at radius 3 is 2.41 bits per heavy atom.